The van der Waals surface area contributed by atoms with Crippen molar-refractivity contribution in [3.63, 3.8) is 0 Å². The fourth-order valence-corrected chi connectivity index (χ4v) is 5.41. The maximum Gasteiger partial charge on any atom is 0.348 e. The Labute approximate surface area is 203 Å². The van der Waals surface area contributed by atoms with Gasteiger partial charge in [0, 0.05) is 23.9 Å². The average molecular weight is 494 g/mol. The van der Waals surface area contributed by atoms with Gasteiger partial charge in [0.2, 0.25) is 0 Å². The van der Waals surface area contributed by atoms with Crippen molar-refractivity contribution in [1.29, 1.82) is 0 Å². The topological polar surface area (TPSA) is 66.8 Å². The van der Waals surface area contributed by atoms with Gasteiger partial charge in [-0.1, -0.05) is 36.8 Å². The van der Waals surface area contributed by atoms with E-state index in [1.165, 1.54) is 28.9 Å². The number of likely N-dealkylation sites (tertiary alicyclic amines) is 1. The smallest absolute Gasteiger partial charge is 0.348 e. The number of benzene rings is 1. The molecule has 1 aromatic carbocycles. The molecule has 2 aromatic rings. The van der Waals surface area contributed by atoms with E-state index in [2.05, 4.69) is 12.1 Å². The van der Waals surface area contributed by atoms with Crippen LogP contribution in [0.4, 0.5) is 8.78 Å². The first-order chi connectivity index (χ1) is 16.3. The number of nitrogens with zero attached hydrogens (tertiary/aromatic N) is 1. The predicted molar refractivity (Wildman–Crippen MR) is 128 cm³/mol. The monoisotopic (exact) mass is 493 g/mol. The van der Waals surface area contributed by atoms with Gasteiger partial charge in [0.05, 0.1) is 13.2 Å². The van der Waals surface area contributed by atoms with E-state index in [1.807, 2.05) is 24.3 Å². The van der Waals surface area contributed by atoms with Crippen LogP contribution < -0.4 is 0 Å². The quantitative estimate of drug-likeness (QED) is 0.305. The summed E-state index contributed by atoms with van der Waals surface area (Å²) in [5.41, 5.74) is 1.27. The zero-order valence-corrected chi connectivity index (χ0v) is 20.4. The Morgan fingerprint density at radius 2 is 1.91 bits per heavy atom. The second-order valence-corrected chi connectivity index (χ2v) is 10.1. The van der Waals surface area contributed by atoms with E-state index in [0.29, 0.717) is 37.0 Å². The van der Waals surface area contributed by atoms with Crippen molar-refractivity contribution in [3.05, 3.63) is 57.8 Å². The van der Waals surface area contributed by atoms with E-state index in [4.69, 9.17) is 4.74 Å². The van der Waals surface area contributed by atoms with Crippen LogP contribution in [-0.2, 0) is 22.4 Å². The van der Waals surface area contributed by atoms with Crippen LogP contribution in [0, 0.1) is 0 Å². The molecule has 1 aromatic heterocycles. The molecule has 1 fully saturated rings. The molecule has 1 aliphatic heterocycles. The Kier molecular flexibility index (Phi) is 9.59. The number of unbranched alkanes of at least 4 members (excludes halogenated alkanes) is 1. The first-order valence-electron chi connectivity index (χ1n) is 11.9. The summed E-state index contributed by atoms with van der Waals surface area (Å²) in [5, 5.41) is 10.4. The number of alkyl halides is 2. The number of hydrogen-bond acceptors (Lipinski definition) is 5. The summed E-state index contributed by atoms with van der Waals surface area (Å²) in [7, 11) is 1.32. The third-order valence-corrected chi connectivity index (χ3v) is 7.43. The largest absolute Gasteiger partial charge is 0.465 e. The van der Waals surface area contributed by atoms with Gasteiger partial charge in [0.1, 0.15) is 4.88 Å². The third-order valence-electron chi connectivity index (χ3n) is 6.31. The lowest BCUT2D eigenvalue weighted by Gasteiger charge is -2.25. The van der Waals surface area contributed by atoms with Crippen molar-refractivity contribution in [3.8, 4) is 0 Å². The highest BCUT2D eigenvalue weighted by Gasteiger charge is 2.52. The lowest BCUT2D eigenvalue weighted by Crippen LogP contribution is -2.37. The number of thiophene rings is 1. The molecule has 0 radical (unpaired) electrons. The van der Waals surface area contributed by atoms with E-state index in [0.717, 1.165) is 24.1 Å². The molecule has 8 heteroatoms. The Balaban J connectivity index is 1.42. The number of methoxy groups -OCH3 is 1. The third kappa shape index (κ3) is 7.34. The van der Waals surface area contributed by atoms with Gasteiger partial charge in [0.25, 0.3) is 5.91 Å². The van der Waals surface area contributed by atoms with Crippen LogP contribution in [0.3, 0.4) is 0 Å². The molecule has 0 bridgehead atoms. The highest BCUT2D eigenvalue weighted by atomic mass is 32.1. The summed E-state index contributed by atoms with van der Waals surface area (Å²) >= 11 is 1.31. The first kappa shape index (κ1) is 26.3. The van der Waals surface area contributed by atoms with E-state index >= 15 is 0 Å². The van der Waals surface area contributed by atoms with Crippen LogP contribution in [0.5, 0.6) is 0 Å². The van der Waals surface area contributed by atoms with Crippen molar-refractivity contribution in [1.82, 2.24) is 4.90 Å². The lowest BCUT2D eigenvalue weighted by atomic mass is 10.00. The van der Waals surface area contributed by atoms with Gasteiger partial charge in [-0.2, -0.15) is 8.78 Å². The molecule has 0 aliphatic carbocycles. The Morgan fingerprint density at radius 1 is 1.15 bits per heavy atom. The van der Waals surface area contributed by atoms with Crippen LogP contribution >= 0.6 is 11.3 Å². The van der Waals surface area contributed by atoms with Gasteiger partial charge in [-0.3, -0.25) is 4.79 Å². The summed E-state index contributed by atoms with van der Waals surface area (Å²) in [4.78, 5) is 26.6. The molecule has 0 saturated carbocycles. The van der Waals surface area contributed by atoms with Crippen molar-refractivity contribution in [2.45, 2.75) is 75.9 Å². The highest BCUT2D eigenvalue weighted by molar-refractivity contribution is 7.13. The Bertz CT molecular complexity index is 934. The minimum Gasteiger partial charge on any atom is -0.465 e. The van der Waals surface area contributed by atoms with Gasteiger partial charge in [0.15, 0.2) is 0 Å². The first-order valence-corrected chi connectivity index (χ1v) is 12.7. The number of aryl methyl sites for hydroxylation is 2. The van der Waals surface area contributed by atoms with E-state index in [9.17, 15) is 23.5 Å². The molecule has 2 atom stereocenters. The number of aliphatic hydroxyl groups is 1. The van der Waals surface area contributed by atoms with E-state index < -0.39 is 36.4 Å². The van der Waals surface area contributed by atoms with Crippen molar-refractivity contribution < 1.29 is 28.2 Å². The zero-order chi connectivity index (χ0) is 24.6. The Hall–Kier alpha value is -2.32. The van der Waals surface area contributed by atoms with Crippen molar-refractivity contribution >= 4 is 23.2 Å². The number of hydrogen-bond donors (Lipinski definition) is 1. The van der Waals surface area contributed by atoms with Crippen LogP contribution in [0.2, 0.25) is 0 Å². The molecule has 1 saturated heterocycles. The van der Waals surface area contributed by atoms with Gasteiger partial charge >= 0.3 is 11.9 Å². The van der Waals surface area contributed by atoms with Crippen molar-refractivity contribution in [2.24, 2.45) is 0 Å². The van der Waals surface area contributed by atoms with Crippen LogP contribution in [0.1, 0.15) is 65.1 Å². The standard InChI is InChI=1S/C26H33F2NO4S/c1-33-24(31)23-16-15-22(34-23)12-7-17-29-20(18-26(27,28)25(29)32)13-14-21(30)11-6-5-10-19-8-3-2-4-9-19/h2-4,8-9,15-16,20-21,30H,5-7,10-14,17-18H2,1H3. The minimum absolute atomic E-state index is 0.234. The molecule has 3 rings (SSSR count). The number of ether oxygens (including phenoxy) is 1. The SMILES string of the molecule is COC(=O)c1ccc(CCCN2C(=O)C(F)(F)CC2CCC(O)CCCCc2ccccc2)s1. The molecular weight excluding hydrogens is 460 g/mol. The number of carbonyl (C=O) groups is 2. The van der Waals surface area contributed by atoms with Gasteiger partial charge in [-0.25, -0.2) is 4.79 Å². The molecule has 1 amide bonds. The van der Waals surface area contributed by atoms with E-state index in [1.54, 1.807) is 6.07 Å². The second kappa shape index (κ2) is 12.4. The van der Waals surface area contributed by atoms with E-state index in [-0.39, 0.29) is 6.54 Å². The summed E-state index contributed by atoms with van der Waals surface area (Å²) in [6.07, 6.45) is 4.27. The number of halogens is 2. The van der Waals surface area contributed by atoms with Gasteiger partial charge in [-0.05, 0) is 62.6 Å². The zero-order valence-electron chi connectivity index (χ0n) is 19.6. The highest BCUT2D eigenvalue weighted by Crippen LogP contribution is 2.36. The molecule has 2 heterocycles. The molecule has 186 valence electrons. The van der Waals surface area contributed by atoms with Crippen molar-refractivity contribution in [2.75, 3.05) is 13.7 Å². The normalized spacial score (nSPS) is 18.3. The molecule has 1 aliphatic rings. The molecule has 0 spiro atoms. The second-order valence-electron chi connectivity index (χ2n) is 8.88. The summed E-state index contributed by atoms with van der Waals surface area (Å²) in [6.45, 7) is 0.234. The number of rotatable bonds is 13. The summed E-state index contributed by atoms with van der Waals surface area (Å²) in [5.74, 6) is -4.85. The molecule has 5 nitrogen and oxygen atoms in total. The average Bonchev–Trinajstić information content (AvgIpc) is 3.38. The summed E-state index contributed by atoms with van der Waals surface area (Å²) < 4.78 is 33.0. The number of carbonyl (C=O) groups excluding carboxylic acids is 2. The molecular formula is C26H33F2NO4S. The number of esters is 1. The van der Waals surface area contributed by atoms with Gasteiger partial charge < -0.3 is 14.7 Å². The molecule has 2 unspecified atom stereocenters. The lowest BCUT2D eigenvalue weighted by molar-refractivity contribution is -0.148. The summed E-state index contributed by atoms with van der Waals surface area (Å²) in [6, 6.07) is 13.1. The fraction of sp³-hybridized carbons (Fsp3) is 0.538. The van der Waals surface area contributed by atoms with Gasteiger partial charge in [-0.15, -0.1) is 11.3 Å². The number of amides is 1. The Morgan fingerprint density at radius 3 is 2.65 bits per heavy atom. The maximum atomic E-state index is 14.2. The maximum absolute atomic E-state index is 14.2. The molecule has 1 N–H and O–H groups in total. The molecule has 34 heavy (non-hydrogen) atoms. The number of aliphatic hydroxyl groups excluding tert-OH is 1. The predicted octanol–water partition coefficient (Wildman–Crippen LogP) is 5.26. The van der Waals surface area contributed by atoms with Crippen LogP contribution in [0.15, 0.2) is 42.5 Å². The van der Waals surface area contributed by atoms with Crippen LogP contribution in [0.25, 0.3) is 0 Å². The van der Waals surface area contributed by atoms with Crippen LogP contribution in [-0.4, -0.2) is 53.6 Å². The fourth-order valence-electron chi connectivity index (χ4n) is 4.44. The minimum atomic E-state index is -3.34.